The lowest BCUT2D eigenvalue weighted by Gasteiger charge is -2.51. The van der Waals surface area contributed by atoms with Gasteiger partial charge in [-0.15, -0.1) is 4.91 Å². The number of aliphatic hydroxyl groups excluding tert-OH is 1. The van der Waals surface area contributed by atoms with E-state index in [0.29, 0.717) is 23.9 Å². The van der Waals surface area contributed by atoms with Crippen LogP contribution in [-0.2, 0) is 4.74 Å². The summed E-state index contributed by atoms with van der Waals surface area (Å²) >= 11 is 0. The van der Waals surface area contributed by atoms with Crippen LogP contribution >= 0.6 is 0 Å². The van der Waals surface area contributed by atoms with Crippen molar-refractivity contribution in [3.63, 3.8) is 0 Å². The van der Waals surface area contributed by atoms with Gasteiger partial charge in [0.05, 0.1) is 17.5 Å². The number of fused-ring (bicyclic) bond motifs is 7. The summed E-state index contributed by atoms with van der Waals surface area (Å²) in [5.74, 6) is 5.39. The monoisotopic (exact) mass is 414 g/mol. The van der Waals surface area contributed by atoms with E-state index in [1.807, 2.05) is 0 Å². The summed E-state index contributed by atoms with van der Waals surface area (Å²) in [4.78, 5) is 11.7. The van der Waals surface area contributed by atoms with E-state index in [2.05, 4.69) is 25.2 Å². The molecule has 0 amide bonds. The first-order valence-electron chi connectivity index (χ1n) is 12.7. The van der Waals surface area contributed by atoms with Gasteiger partial charge in [-0.3, -0.25) is 0 Å². The number of hydrogen-bond acceptors (Lipinski definition) is 4. The molecule has 4 aliphatic carbocycles. The van der Waals surface area contributed by atoms with Crippen molar-refractivity contribution < 1.29 is 9.84 Å². The Morgan fingerprint density at radius 1 is 1.10 bits per heavy atom. The molecule has 5 heteroatoms. The number of hydrogen-bond donors (Lipinski definition) is 1. The van der Waals surface area contributed by atoms with Gasteiger partial charge in [-0.1, -0.05) is 25.5 Å². The third-order valence-electron chi connectivity index (χ3n) is 10.5. The fourth-order valence-corrected chi connectivity index (χ4v) is 9.22. The van der Waals surface area contributed by atoms with Gasteiger partial charge in [0.1, 0.15) is 0 Å². The molecular weight excluding hydrogens is 376 g/mol. The summed E-state index contributed by atoms with van der Waals surface area (Å²) in [6.45, 7) is 5.32. The smallest absolute Gasteiger partial charge is 0.162 e. The fraction of sp³-hybridized carbons (Fsp3) is 0.920. The van der Waals surface area contributed by atoms with Gasteiger partial charge in [0.2, 0.25) is 0 Å². The molecule has 0 radical (unpaired) electrons. The van der Waals surface area contributed by atoms with Crippen LogP contribution in [0.1, 0.15) is 71.6 Å². The molecule has 6 rings (SSSR count). The van der Waals surface area contributed by atoms with E-state index in [1.54, 1.807) is 10.6 Å². The lowest BCUT2D eigenvalue weighted by molar-refractivity contribution is -0.194. The molecule has 2 aliphatic heterocycles. The Labute approximate surface area is 180 Å². The third kappa shape index (κ3) is 2.66. The highest BCUT2D eigenvalue weighted by atomic mass is 16.5. The van der Waals surface area contributed by atoms with Crippen LogP contribution < -0.4 is 0 Å². The highest BCUT2D eigenvalue weighted by Gasteiger charge is 2.65. The van der Waals surface area contributed by atoms with Crippen molar-refractivity contribution in [1.82, 2.24) is 5.01 Å². The first kappa shape index (κ1) is 19.7. The number of aliphatic hydroxyl groups is 1. The molecule has 30 heavy (non-hydrogen) atoms. The van der Waals surface area contributed by atoms with Gasteiger partial charge in [-0.2, -0.15) is 0 Å². The van der Waals surface area contributed by atoms with E-state index < -0.39 is 5.72 Å². The predicted octanol–water partition coefficient (Wildman–Crippen LogP) is 4.90. The van der Waals surface area contributed by atoms with Gasteiger partial charge >= 0.3 is 0 Å². The number of nitrogens with zero attached hydrogens (tertiary/aromatic N) is 2. The molecule has 11 atom stereocenters. The first-order chi connectivity index (χ1) is 14.5. The summed E-state index contributed by atoms with van der Waals surface area (Å²) < 4.78 is 6.85. The Morgan fingerprint density at radius 2 is 1.93 bits per heavy atom. The van der Waals surface area contributed by atoms with Crippen molar-refractivity contribution >= 4 is 0 Å². The summed E-state index contributed by atoms with van der Waals surface area (Å²) in [7, 11) is 0. The molecule has 166 valence electrons. The molecule has 0 aromatic carbocycles. The van der Waals surface area contributed by atoms with E-state index in [4.69, 9.17) is 4.74 Å². The lowest BCUT2D eigenvalue weighted by Crippen LogP contribution is -2.55. The fourth-order valence-electron chi connectivity index (χ4n) is 9.22. The van der Waals surface area contributed by atoms with Gasteiger partial charge in [-0.25, -0.2) is 5.01 Å². The van der Waals surface area contributed by atoms with Crippen LogP contribution in [0.15, 0.2) is 16.9 Å². The van der Waals surface area contributed by atoms with E-state index in [-0.39, 0.29) is 6.10 Å². The van der Waals surface area contributed by atoms with Gasteiger partial charge in [-0.05, 0) is 99.2 Å². The van der Waals surface area contributed by atoms with Crippen LogP contribution in [0.2, 0.25) is 0 Å². The minimum atomic E-state index is -0.440. The zero-order valence-corrected chi connectivity index (χ0v) is 18.6. The van der Waals surface area contributed by atoms with E-state index in [0.717, 1.165) is 61.8 Å². The molecule has 6 aliphatic rings. The van der Waals surface area contributed by atoms with Crippen LogP contribution in [0.25, 0.3) is 0 Å². The number of piperidine rings is 1. The standard InChI is InChI=1S/C25H38N2O3/c1-14-9-10-25(27(13-14)26-29)15(2)24-21-8-7-19-18-6-4-17(28)11-16(18)3-5-20(19)22(21)12-23(24)30-25/h3,14-15,17-24,28H,4-13H2,1-2H3/t14-,15-,17-,18+,19+,20-,21+,22-,23-,24-,25-/m1/s1. The van der Waals surface area contributed by atoms with Crippen LogP contribution in [-0.4, -0.2) is 34.6 Å². The van der Waals surface area contributed by atoms with Crippen molar-refractivity contribution in [2.24, 2.45) is 52.6 Å². The molecule has 0 bridgehead atoms. The highest BCUT2D eigenvalue weighted by molar-refractivity contribution is 5.20. The van der Waals surface area contributed by atoms with E-state index in [9.17, 15) is 10.0 Å². The van der Waals surface area contributed by atoms with Gasteiger partial charge in [0, 0.05) is 12.5 Å². The van der Waals surface area contributed by atoms with Crippen molar-refractivity contribution in [3.8, 4) is 0 Å². The average Bonchev–Trinajstić information content (AvgIpc) is 3.23. The SMILES string of the molecule is C[C@@H]1CC[C@]2(O[C@@H]3C[C@@H]4[C@@H]5CC=C6C[C@H](O)CC[C@@H]6[C@@H]5CC[C@@H]4[C@H]3[C@H]2C)N(N=O)C1. The van der Waals surface area contributed by atoms with Crippen molar-refractivity contribution in [2.75, 3.05) is 6.54 Å². The normalized spacial score (nSPS) is 54.8. The largest absolute Gasteiger partial charge is 0.393 e. The highest BCUT2D eigenvalue weighted by Crippen LogP contribution is 2.64. The number of allylic oxidation sites excluding steroid dienone is 1. The Morgan fingerprint density at radius 3 is 2.77 bits per heavy atom. The van der Waals surface area contributed by atoms with Crippen LogP contribution in [0, 0.1) is 52.3 Å². The van der Waals surface area contributed by atoms with Crippen LogP contribution in [0.5, 0.6) is 0 Å². The van der Waals surface area contributed by atoms with Crippen molar-refractivity contribution in [2.45, 2.75) is 89.6 Å². The molecule has 2 saturated heterocycles. The van der Waals surface area contributed by atoms with Crippen LogP contribution in [0.3, 0.4) is 0 Å². The molecule has 1 N–H and O–H groups in total. The topological polar surface area (TPSA) is 62.1 Å². The number of rotatable bonds is 1. The summed E-state index contributed by atoms with van der Waals surface area (Å²) in [5, 5.41) is 15.4. The zero-order valence-electron chi connectivity index (χ0n) is 18.6. The lowest BCUT2D eigenvalue weighted by atomic mass is 9.55. The molecule has 2 heterocycles. The van der Waals surface area contributed by atoms with Gasteiger partial charge in [0.25, 0.3) is 0 Å². The van der Waals surface area contributed by atoms with E-state index >= 15 is 0 Å². The second-order valence-electron chi connectivity index (χ2n) is 11.7. The number of ether oxygens (including phenoxy) is 1. The summed E-state index contributed by atoms with van der Waals surface area (Å²) in [6, 6.07) is 0. The zero-order chi connectivity index (χ0) is 20.6. The van der Waals surface area contributed by atoms with Gasteiger partial charge in [0.15, 0.2) is 5.72 Å². The van der Waals surface area contributed by atoms with Crippen LogP contribution in [0.4, 0.5) is 0 Å². The molecule has 0 aromatic rings. The van der Waals surface area contributed by atoms with Gasteiger partial charge < -0.3 is 9.84 Å². The molecule has 5 fully saturated rings. The minimum Gasteiger partial charge on any atom is -0.393 e. The first-order valence-corrected chi connectivity index (χ1v) is 12.7. The Kier molecular flexibility index (Phi) is 4.62. The maximum absolute atomic E-state index is 11.7. The Hall–Kier alpha value is -0.940. The molecule has 0 aromatic heterocycles. The minimum absolute atomic E-state index is 0.107. The Balaban J connectivity index is 1.24. The Bertz CT molecular complexity index is 740. The quantitative estimate of drug-likeness (QED) is 0.490. The average molecular weight is 415 g/mol. The third-order valence-corrected chi connectivity index (χ3v) is 10.5. The second-order valence-corrected chi connectivity index (χ2v) is 11.7. The van der Waals surface area contributed by atoms with E-state index in [1.165, 1.54) is 32.1 Å². The summed E-state index contributed by atoms with van der Waals surface area (Å²) in [5.41, 5.74) is 1.13. The maximum atomic E-state index is 11.7. The molecule has 0 unspecified atom stereocenters. The summed E-state index contributed by atoms with van der Waals surface area (Å²) in [6.07, 6.45) is 13.0. The molecular formula is C25H38N2O3. The molecule has 1 spiro atoms. The van der Waals surface area contributed by atoms with Crippen molar-refractivity contribution in [3.05, 3.63) is 16.6 Å². The van der Waals surface area contributed by atoms with Crippen molar-refractivity contribution in [1.29, 1.82) is 0 Å². The number of nitroso groups, excluding NO2 is 1. The molecule has 3 saturated carbocycles. The predicted molar refractivity (Wildman–Crippen MR) is 115 cm³/mol. The maximum Gasteiger partial charge on any atom is 0.162 e. The molecule has 5 nitrogen and oxygen atoms in total. The second kappa shape index (κ2) is 7.03.